The van der Waals surface area contributed by atoms with Gasteiger partial charge in [-0.1, -0.05) is 58.1 Å². The largest absolute Gasteiger partial charge is 0.370 e. The summed E-state index contributed by atoms with van der Waals surface area (Å²) < 4.78 is 1.89. The number of nitrogens with zero attached hydrogens (tertiary/aromatic N) is 3. The van der Waals surface area contributed by atoms with E-state index < -0.39 is 0 Å². The van der Waals surface area contributed by atoms with Crippen LogP contribution in [-0.4, -0.2) is 27.7 Å². The molecule has 0 saturated heterocycles. The molecule has 2 heterocycles. The minimum Gasteiger partial charge on any atom is -0.370 e. The molecule has 2 rings (SSSR count). The van der Waals surface area contributed by atoms with Crippen molar-refractivity contribution < 1.29 is 0 Å². The highest BCUT2D eigenvalue weighted by Crippen LogP contribution is 2.24. The topological polar surface area (TPSA) is 54.2 Å². The zero-order valence-electron chi connectivity index (χ0n) is 16.4. The number of fused-ring (bicyclic) bond motifs is 1. The first-order valence-electron chi connectivity index (χ1n) is 9.41. The molecule has 0 amide bonds. The zero-order chi connectivity index (χ0) is 18.9. The van der Waals surface area contributed by atoms with Crippen LogP contribution in [0.1, 0.15) is 52.0 Å². The normalized spacial score (nSPS) is 12.3. The van der Waals surface area contributed by atoms with Gasteiger partial charge >= 0.3 is 0 Å². The van der Waals surface area contributed by atoms with Crippen LogP contribution in [0.5, 0.6) is 0 Å². The molecule has 0 spiro atoms. The van der Waals surface area contributed by atoms with Crippen LogP contribution in [-0.2, 0) is 0 Å². The molecular weight excluding hydrogens is 322 g/mol. The molecule has 0 radical (unpaired) electrons. The fourth-order valence-corrected chi connectivity index (χ4v) is 2.64. The van der Waals surface area contributed by atoms with Gasteiger partial charge in [-0.25, -0.2) is 4.98 Å². The van der Waals surface area contributed by atoms with Gasteiger partial charge in [-0.3, -0.25) is 0 Å². The van der Waals surface area contributed by atoms with E-state index in [1.165, 1.54) is 5.57 Å². The number of hydrogen-bond donors (Lipinski definition) is 2. The second kappa shape index (κ2) is 9.80. The monoisotopic (exact) mass is 353 g/mol. The molecule has 0 aromatic carbocycles. The van der Waals surface area contributed by atoms with Gasteiger partial charge in [0.2, 0.25) is 0 Å². The van der Waals surface area contributed by atoms with Crippen LogP contribution < -0.4 is 10.6 Å². The molecule has 2 N–H and O–H groups in total. The smallest absolute Gasteiger partial charge is 0.163 e. The molecule has 0 bridgehead atoms. The van der Waals surface area contributed by atoms with Crippen molar-refractivity contribution in [3.63, 3.8) is 0 Å². The van der Waals surface area contributed by atoms with Crippen LogP contribution in [0, 0.1) is 0 Å². The maximum atomic E-state index is 4.79. The summed E-state index contributed by atoms with van der Waals surface area (Å²) in [6, 6.07) is 2.03. The Morgan fingerprint density at radius 1 is 1.35 bits per heavy atom. The minimum absolute atomic E-state index is 0.375. The summed E-state index contributed by atoms with van der Waals surface area (Å²) in [4.78, 5) is 4.79. The van der Waals surface area contributed by atoms with Gasteiger partial charge in [0.25, 0.3) is 0 Å². The lowest BCUT2D eigenvalue weighted by Gasteiger charge is -2.13. The van der Waals surface area contributed by atoms with E-state index >= 15 is 0 Å². The lowest BCUT2D eigenvalue weighted by Crippen LogP contribution is -2.11. The van der Waals surface area contributed by atoms with Crippen LogP contribution >= 0.6 is 0 Å². The van der Waals surface area contributed by atoms with Gasteiger partial charge < -0.3 is 10.6 Å². The first-order chi connectivity index (χ1) is 12.6. The minimum atomic E-state index is 0.375. The first kappa shape index (κ1) is 19.8. The summed E-state index contributed by atoms with van der Waals surface area (Å²) in [5, 5.41) is 11.5. The van der Waals surface area contributed by atoms with Gasteiger partial charge in [-0.2, -0.15) is 9.61 Å². The SMILES string of the molecule is C=CC=CC(=CC)CNc1cc(NCCCC)nc2c(C(C)C)cnn12. The van der Waals surface area contributed by atoms with E-state index in [4.69, 9.17) is 4.98 Å². The third-order valence-corrected chi connectivity index (χ3v) is 4.25. The van der Waals surface area contributed by atoms with Gasteiger partial charge in [0.1, 0.15) is 11.6 Å². The number of aromatic nitrogens is 3. The second-order valence-corrected chi connectivity index (χ2v) is 6.61. The lowest BCUT2D eigenvalue weighted by atomic mass is 10.1. The summed E-state index contributed by atoms with van der Waals surface area (Å²) in [6.07, 6.45) is 12.1. The van der Waals surface area contributed by atoms with E-state index in [1.54, 1.807) is 6.08 Å². The predicted molar refractivity (Wildman–Crippen MR) is 112 cm³/mol. The van der Waals surface area contributed by atoms with Gasteiger partial charge in [0.05, 0.1) is 6.20 Å². The molecule has 2 aromatic heterocycles. The summed E-state index contributed by atoms with van der Waals surface area (Å²) in [5.41, 5.74) is 3.25. The number of unbranched alkanes of at least 4 members (excludes halogenated alkanes) is 1. The third-order valence-electron chi connectivity index (χ3n) is 4.25. The third kappa shape index (κ3) is 4.97. The fraction of sp³-hybridized carbons (Fsp3) is 0.429. The quantitative estimate of drug-likeness (QED) is 0.457. The van der Waals surface area contributed by atoms with Gasteiger partial charge in [0, 0.05) is 24.7 Å². The zero-order valence-corrected chi connectivity index (χ0v) is 16.4. The standard InChI is InChI=1S/C21H31N5/c1-6-9-11-17(8-3)14-23-20-13-19(22-12-10-7-2)25-21-18(16(4)5)15-24-26(20)21/h6,8-9,11,13,15-16,23H,1,7,10,12,14H2,2-5H3,(H,22,25). The molecule has 26 heavy (non-hydrogen) atoms. The highest BCUT2D eigenvalue weighted by atomic mass is 15.3. The van der Waals surface area contributed by atoms with Crippen molar-refractivity contribution in [3.8, 4) is 0 Å². The summed E-state index contributed by atoms with van der Waals surface area (Å²) >= 11 is 0. The molecule has 0 aliphatic carbocycles. The van der Waals surface area contributed by atoms with Crippen molar-refractivity contribution in [2.45, 2.75) is 46.5 Å². The van der Waals surface area contributed by atoms with Crippen LogP contribution in [0.2, 0.25) is 0 Å². The number of allylic oxidation sites excluding steroid dienone is 3. The number of nitrogens with one attached hydrogen (secondary N) is 2. The molecule has 0 aliphatic rings. The van der Waals surface area contributed by atoms with E-state index in [2.05, 4.69) is 55.2 Å². The molecule has 0 fully saturated rings. The summed E-state index contributed by atoms with van der Waals surface area (Å²) in [5.74, 6) is 2.20. The molecule has 0 atom stereocenters. The van der Waals surface area contributed by atoms with Crippen molar-refractivity contribution in [2.24, 2.45) is 0 Å². The Hall–Kier alpha value is -2.56. The average Bonchev–Trinajstić information content (AvgIpc) is 3.06. The molecular formula is C21H31N5. The molecule has 0 saturated carbocycles. The Morgan fingerprint density at radius 3 is 2.81 bits per heavy atom. The molecule has 0 aliphatic heterocycles. The molecule has 140 valence electrons. The maximum Gasteiger partial charge on any atom is 0.163 e. The summed E-state index contributed by atoms with van der Waals surface area (Å²) in [6.45, 7) is 13.9. The predicted octanol–water partition coefficient (Wildman–Crippen LogP) is 5.17. The Bertz CT molecular complexity index is 783. The van der Waals surface area contributed by atoms with Crippen molar-refractivity contribution in [1.82, 2.24) is 14.6 Å². The van der Waals surface area contributed by atoms with Crippen molar-refractivity contribution in [1.29, 1.82) is 0 Å². The average molecular weight is 354 g/mol. The van der Waals surface area contributed by atoms with Crippen molar-refractivity contribution >= 4 is 17.3 Å². The Balaban J connectivity index is 2.33. The first-order valence-corrected chi connectivity index (χ1v) is 9.41. The Labute approximate surface area is 156 Å². The lowest BCUT2D eigenvalue weighted by molar-refractivity contribution is 0.829. The number of anilines is 2. The van der Waals surface area contributed by atoms with Gasteiger partial charge in [-0.05, 0) is 24.8 Å². The molecule has 2 aromatic rings. The Morgan fingerprint density at radius 2 is 2.15 bits per heavy atom. The van der Waals surface area contributed by atoms with Gasteiger partial charge in [-0.15, -0.1) is 0 Å². The number of rotatable bonds is 10. The maximum absolute atomic E-state index is 4.79. The fourth-order valence-electron chi connectivity index (χ4n) is 2.64. The molecule has 0 unspecified atom stereocenters. The Kier molecular flexibility index (Phi) is 7.45. The van der Waals surface area contributed by atoms with E-state index in [-0.39, 0.29) is 0 Å². The summed E-state index contributed by atoms with van der Waals surface area (Å²) in [7, 11) is 0. The van der Waals surface area contributed by atoms with E-state index in [0.717, 1.165) is 42.2 Å². The molecule has 5 heteroatoms. The molecule has 5 nitrogen and oxygen atoms in total. The van der Waals surface area contributed by atoms with Crippen LogP contribution in [0.3, 0.4) is 0 Å². The highest BCUT2D eigenvalue weighted by Gasteiger charge is 2.13. The second-order valence-electron chi connectivity index (χ2n) is 6.61. The van der Waals surface area contributed by atoms with E-state index in [1.807, 2.05) is 29.8 Å². The van der Waals surface area contributed by atoms with Gasteiger partial charge in [0.15, 0.2) is 5.65 Å². The van der Waals surface area contributed by atoms with Crippen LogP contribution in [0.15, 0.2) is 48.7 Å². The van der Waals surface area contributed by atoms with Crippen LogP contribution in [0.4, 0.5) is 11.6 Å². The number of hydrogen-bond acceptors (Lipinski definition) is 4. The van der Waals surface area contributed by atoms with E-state index in [0.29, 0.717) is 12.5 Å². The highest BCUT2D eigenvalue weighted by molar-refractivity contribution is 5.61. The van der Waals surface area contributed by atoms with E-state index in [9.17, 15) is 0 Å². The van der Waals surface area contributed by atoms with Crippen molar-refractivity contribution in [2.75, 3.05) is 23.7 Å². The van der Waals surface area contributed by atoms with Crippen molar-refractivity contribution in [3.05, 3.63) is 54.3 Å². The van der Waals surface area contributed by atoms with Crippen LogP contribution in [0.25, 0.3) is 5.65 Å².